The molecule has 2 rings (SSSR count). The monoisotopic (exact) mass is 453 g/mol. The van der Waals surface area contributed by atoms with Gasteiger partial charge in [-0.2, -0.15) is 0 Å². The van der Waals surface area contributed by atoms with Gasteiger partial charge < -0.3 is 15.0 Å². The molecule has 30 heavy (non-hydrogen) atoms. The van der Waals surface area contributed by atoms with Gasteiger partial charge in [0.2, 0.25) is 10.0 Å². The van der Waals surface area contributed by atoms with Crippen molar-refractivity contribution in [3.63, 3.8) is 0 Å². The average molecular weight is 454 g/mol. The smallest absolute Gasteiger partial charge is 0.340 e. The highest BCUT2D eigenvalue weighted by Crippen LogP contribution is 2.23. The van der Waals surface area contributed by atoms with Crippen LogP contribution in [0.15, 0.2) is 47.4 Å². The highest BCUT2D eigenvalue weighted by atomic mass is 35.5. The number of hydrogen-bond acceptors (Lipinski definition) is 6. The summed E-state index contributed by atoms with van der Waals surface area (Å²) in [5.41, 5.74) is 1.37. The molecule has 0 saturated heterocycles. The van der Waals surface area contributed by atoms with E-state index in [-0.39, 0.29) is 15.5 Å². The van der Waals surface area contributed by atoms with Gasteiger partial charge in [-0.25, -0.2) is 17.5 Å². The normalized spacial score (nSPS) is 12.4. The summed E-state index contributed by atoms with van der Waals surface area (Å²) in [5, 5.41) is 2.68. The molecule has 0 aromatic heterocycles. The highest BCUT2D eigenvalue weighted by Gasteiger charge is 2.24. The molecule has 0 saturated carbocycles. The van der Waals surface area contributed by atoms with E-state index in [2.05, 4.69) is 5.32 Å². The summed E-state index contributed by atoms with van der Waals surface area (Å²) >= 11 is 6.04. The maximum Gasteiger partial charge on any atom is 0.340 e. The third kappa shape index (κ3) is 5.50. The third-order valence-corrected chi connectivity index (χ3v) is 6.38. The van der Waals surface area contributed by atoms with Crippen molar-refractivity contribution in [2.75, 3.05) is 38.4 Å². The van der Waals surface area contributed by atoms with Crippen LogP contribution in [-0.4, -0.2) is 58.9 Å². The number of esters is 1. The number of amides is 1. The minimum atomic E-state index is -3.76. The van der Waals surface area contributed by atoms with Crippen molar-refractivity contribution < 1.29 is 22.7 Å². The molecule has 1 atom stereocenters. The Morgan fingerprint density at radius 1 is 1.03 bits per heavy atom. The number of nitrogens with one attached hydrogen (secondary N) is 1. The quantitative estimate of drug-likeness (QED) is 0.647. The highest BCUT2D eigenvalue weighted by molar-refractivity contribution is 7.89. The molecule has 0 unspecified atom stereocenters. The van der Waals surface area contributed by atoms with Crippen LogP contribution in [0.1, 0.15) is 17.3 Å². The van der Waals surface area contributed by atoms with Gasteiger partial charge in [0, 0.05) is 39.6 Å². The zero-order valence-corrected chi connectivity index (χ0v) is 18.9. The number of hydrogen-bond donors (Lipinski definition) is 1. The van der Waals surface area contributed by atoms with E-state index in [1.807, 2.05) is 31.1 Å². The SMILES string of the molecule is C[C@H](OC(=O)c1cc(S(=O)(=O)N(C)C)ccc1Cl)C(=O)Nc1ccc(N(C)C)cc1. The molecule has 0 aliphatic heterocycles. The molecule has 0 aliphatic carbocycles. The van der Waals surface area contributed by atoms with E-state index in [1.54, 1.807) is 12.1 Å². The van der Waals surface area contributed by atoms with E-state index in [4.69, 9.17) is 16.3 Å². The minimum Gasteiger partial charge on any atom is -0.449 e. The van der Waals surface area contributed by atoms with E-state index in [0.29, 0.717) is 5.69 Å². The molecule has 0 bridgehead atoms. The fourth-order valence-corrected chi connectivity index (χ4v) is 3.52. The van der Waals surface area contributed by atoms with Gasteiger partial charge in [-0.1, -0.05) is 11.6 Å². The average Bonchev–Trinajstić information content (AvgIpc) is 2.68. The molecule has 2 aromatic rings. The van der Waals surface area contributed by atoms with Gasteiger partial charge in [0.15, 0.2) is 6.10 Å². The van der Waals surface area contributed by atoms with Gasteiger partial charge in [0.05, 0.1) is 15.5 Å². The molecule has 2 aromatic carbocycles. The van der Waals surface area contributed by atoms with Crippen LogP contribution in [0.2, 0.25) is 5.02 Å². The number of nitrogens with zero attached hydrogens (tertiary/aromatic N) is 2. The second kappa shape index (κ2) is 9.46. The van der Waals surface area contributed by atoms with Crippen LogP contribution in [0.5, 0.6) is 0 Å². The Labute approximate surface area is 181 Å². The van der Waals surface area contributed by atoms with Crippen LogP contribution < -0.4 is 10.2 Å². The zero-order chi connectivity index (χ0) is 22.6. The van der Waals surface area contributed by atoms with Crippen molar-refractivity contribution >= 4 is 44.9 Å². The number of carbonyl (C=O) groups is 2. The summed E-state index contributed by atoms with van der Waals surface area (Å²) in [4.78, 5) is 26.7. The second-order valence-corrected chi connectivity index (χ2v) is 9.47. The minimum absolute atomic E-state index is 0.0181. The van der Waals surface area contributed by atoms with E-state index >= 15 is 0 Å². The molecule has 0 heterocycles. The standard InChI is InChI=1S/C20H24ClN3O5S/c1-13(19(25)22-14-6-8-15(9-7-14)23(2)3)29-20(26)17-12-16(10-11-18(17)21)30(27,28)24(4)5/h6-13H,1-5H3,(H,22,25)/t13-/m0/s1. The van der Waals surface area contributed by atoms with Crippen LogP contribution in [0, 0.1) is 0 Å². The van der Waals surface area contributed by atoms with Crippen LogP contribution in [0.25, 0.3) is 0 Å². The number of carbonyl (C=O) groups excluding carboxylic acids is 2. The molecule has 1 N–H and O–H groups in total. The van der Waals surface area contributed by atoms with Gasteiger partial charge in [0.1, 0.15) is 0 Å². The fraction of sp³-hybridized carbons (Fsp3) is 0.300. The summed E-state index contributed by atoms with van der Waals surface area (Å²) in [7, 11) is 2.79. The predicted molar refractivity (Wildman–Crippen MR) is 117 cm³/mol. The zero-order valence-electron chi connectivity index (χ0n) is 17.3. The van der Waals surface area contributed by atoms with Gasteiger partial charge in [-0.05, 0) is 49.4 Å². The Morgan fingerprint density at radius 2 is 1.63 bits per heavy atom. The summed E-state index contributed by atoms with van der Waals surface area (Å²) in [6.07, 6.45) is -1.13. The Hall–Kier alpha value is -2.62. The topological polar surface area (TPSA) is 96.0 Å². The summed E-state index contributed by atoms with van der Waals surface area (Å²) in [5.74, 6) is -1.43. The largest absolute Gasteiger partial charge is 0.449 e. The van der Waals surface area contributed by atoms with Gasteiger partial charge in [-0.3, -0.25) is 4.79 Å². The lowest BCUT2D eigenvalue weighted by atomic mass is 10.2. The van der Waals surface area contributed by atoms with Gasteiger partial charge in [0.25, 0.3) is 5.91 Å². The number of benzene rings is 2. The Balaban J connectivity index is 2.12. The first-order chi connectivity index (χ1) is 13.9. The van der Waals surface area contributed by atoms with Crippen LogP contribution in [-0.2, 0) is 19.6 Å². The predicted octanol–water partition coefficient (Wildman–Crippen LogP) is 2.84. The van der Waals surface area contributed by atoms with Crippen molar-refractivity contribution in [2.24, 2.45) is 0 Å². The molecule has 0 spiro atoms. The van der Waals surface area contributed by atoms with Gasteiger partial charge >= 0.3 is 5.97 Å². The van der Waals surface area contributed by atoms with Crippen LogP contribution in [0.4, 0.5) is 11.4 Å². The summed E-state index contributed by atoms with van der Waals surface area (Å²) in [6, 6.07) is 10.9. The molecule has 8 nitrogen and oxygen atoms in total. The lowest BCUT2D eigenvalue weighted by Crippen LogP contribution is -2.30. The molecule has 162 valence electrons. The van der Waals surface area contributed by atoms with Crippen molar-refractivity contribution in [1.82, 2.24) is 4.31 Å². The molecule has 0 radical (unpaired) electrons. The van der Waals surface area contributed by atoms with Crippen molar-refractivity contribution in [2.45, 2.75) is 17.9 Å². The maximum atomic E-state index is 12.5. The molecule has 1 amide bonds. The van der Waals surface area contributed by atoms with E-state index in [9.17, 15) is 18.0 Å². The maximum absolute atomic E-state index is 12.5. The Morgan fingerprint density at radius 3 is 2.17 bits per heavy atom. The fourth-order valence-electron chi connectivity index (χ4n) is 2.40. The first kappa shape index (κ1) is 23.7. The van der Waals surface area contributed by atoms with Crippen molar-refractivity contribution in [3.05, 3.63) is 53.1 Å². The van der Waals surface area contributed by atoms with Crippen molar-refractivity contribution in [1.29, 1.82) is 0 Å². The number of anilines is 2. The third-order valence-electron chi connectivity index (χ3n) is 4.24. The number of rotatable bonds is 7. The Kier molecular flexibility index (Phi) is 7.46. The summed E-state index contributed by atoms with van der Waals surface area (Å²) in [6.45, 7) is 1.41. The summed E-state index contributed by atoms with van der Waals surface area (Å²) < 4.78 is 30.8. The van der Waals surface area contributed by atoms with Crippen molar-refractivity contribution in [3.8, 4) is 0 Å². The molecule has 0 fully saturated rings. The molecular weight excluding hydrogens is 430 g/mol. The lowest BCUT2D eigenvalue weighted by molar-refractivity contribution is -0.123. The number of sulfonamides is 1. The second-order valence-electron chi connectivity index (χ2n) is 6.91. The molecule has 10 heteroatoms. The number of halogens is 1. The molecule has 0 aliphatic rings. The molecular formula is C20H24ClN3O5S. The van der Waals surface area contributed by atoms with E-state index < -0.39 is 28.0 Å². The first-order valence-corrected chi connectivity index (χ1v) is 10.8. The lowest BCUT2D eigenvalue weighted by Gasteiger charge is -2.16. The first-order valence-electron chi connectivity index (χ1n) is 8.94. The van der Waals surface area contributed by atoms with E-state index in [0.717, 1.165) is 16.1 Å². The number of ether oxygens (including phenoxy) is 1. The van der Waals surface area contributed by atoms with Crippen LogP contribution in [0.3, 0.4) is 0 Å². The van der Waals surface area contributed by atoms with E-state index in [1.165, 1.54) is 33.2 Å². The van der Waals surface area contributed by atoms with Gasteiger partial charge in [-0.15, -0.1) is 0 Å². The van der Waals surface area contributed by atoms with Crippen LogP contribution >= 0.6 is 11.6 Å². The Bertz CT molecular complexity index is 1040.